The van der Waals surface area contributed by atoms with Gasteiger partial charge in [0, 0.05) is 19.3 Å². The molecule has 0 heterocycles. The number of hydrogen-bond donors (Lipinski definition) is 0. The lowest BCUT2D eigenvalue weighted by Gasteiger charge is -2.18. The highest BCUT2D eigenvalue weighted by molar-refractivity contribution is 5.71. The molecule has 0 N–H and O–H groups in total. The minimum absolute atomic E-state index is 0.122. The lowest BCUT2D eigenvalue weighted by molar-refractivity contribution is -0.167. The van der Waals surface area contributed by atoms with Gasteiger partial charge in [-0.15, -0.1) is 0 Å². The van der Waals surface area contributed by atoms with E-state index in [1.807, 2.05) is 72.9 Å². The molecule has 1 atom stereocenters. The van der Waals surface area contributed by atoms with Gasteiger partial charge in [0.1, 0.15) is 13.2 Å². The fourth-order valence-corrected chi connectivity index (χ4v) is 5.57. The summed E-state index contributed by atoms with van der Waals surface area (Å²) in [7, 11) is 0. The molecule has 0 aromatic carbocycles. The largest absolute Gasteiger partial charge is 0.462 e. The lowest BCUT2D eigenvalue weighted by atomic mass is 10.1. The van der Waals surface area contributed by atoms with Gasteiger partial charge in [-0.1, -0.05) is 206 Å². The van der Waals surface area contributed by atoms with Gasteiger partial charge in [-0.05, 0) is 77.0 Å². The Morgan fingerprint density at radius 1 is 0.350 bits per heavy atom. The van der Waals surface area contributed by atoms with E-state index < -0.39 is 6.10 Å². The van der Waals surface area contributed by atoms with Crippen LogP contribution >= 0.6 is 0 Å². The highest BCUT2D eigenvalue weighted by Gasteiger charge is 2.19. The average molecular weight is 827 g/mol. The van der Waals surface area contributed by atoms with Crippen LogP contribution in [-0.4, -0.2) is 37.2 Å². The van der Waals surface area contributed by atoms with Crippen molar-refractivity contribution in [2.75, 3.05) is 13.2 Å². The first-order valence-corrected chi connectivity index (χ1v) is 23.3. The summed E-state index contributed by atoms with van der Waals surface area (Å²) in [6.45, 7) is 6.23. The van der Waals surface area contributed by atoms with Crippen LogP contribution in [0, 0.1) is 0 Å². The summed E-state index contributed by atoms with van der Waals surface area (Å²) in [5.41, 5.74) is 0. The molecule has 0 aromatic rings. The smallest absolute Gasteiger partial charge is 0.306 e. The van der Waals surface area contributed by atoms with Crippen molar-refractivity contribution in [2.45, 2.75) is 175 Å². The van der Waals surface area contributed by atoms with E-state index in [-0.39, 0.29) is 37.5 Å². The van der Waals surface area contributed by atoms with Crippen molar-refractivity contribution in [3.63, 3.8) is 0 Å². The molecular weight excluding hydrogens is 745 g/mol. The average Bonchev–Trinajstić information content (AvgIpc) is 3.24. The molecule has 0 bridgehead atoms. The van der Waals surface area contributed by atoms with Crippen LogP contribution in [0.1, 0.15) is 168 Å². The zero-order chi connectivity index (χ0) is 43.7. The van der Waals surface area contributed by atoms with Crippen LogP contribution in [0.25, 0.3) is 0 Å². The molecule has 0 aliphatic rings. The summed E-state index contributed by atoms with van der Waals surface area (Å²) in [6, 6.07) is 0. The maximum absolute atomic E-state index is 12.7. The Labute approximate surface area is 366 Å². The van der Waals surface area contributed by atoms with Crippen LogP contribution in [0.3, 0.4) is 0 Å². The van der Waals surface area contributed by atoms with E-state index in [4.69, 9.17) is 14.2 Å². The molecule has 0 aliphatic carbocycles. The molecule has 0 aromatic heterocycles. The third-order valence-corrected chi connectivity index (χ3v) is 9.09. The number of hydrogen-bond acceptors (Lipinski definition) is 6. The normalized spacial score (nSPS) is 13.3. The van der Waals surface area contributed by atoms with E-state index in [0.717, 1.165) is 103 Å². The van der Waals surface area contributed by atoms with Crippen LogP contribution < -0.4 is 0 Å². The Hall–Kier alpha value is -4.45. The first kappa shape index (κ1) is 55.5. The van der Waals surface area contributed by atoms with Gasteiger partial charge in [-0.3, -0.25) is 14.4 Å². The van der Waals surface area contributed by atoms with Crippen LogP contribution in [-0.2, 0) is 28.6 Å². The van der Waals surface area contributed by atoms with Gasteiger partial charge in [-0.25, -0.2) is 0 Å². The molecule has 0 saturated heterocycles. The van der Waals surface area contributed by atoms with E-state index in [1.165, 1.54) is 19.3 Å². The SMILES string of the molecule is CC\C=C/C=C\C=C/C=C\CCCCCC(=O)OC(COC(=O)CCCCC/C=C\C=C/CCCC)COC(=O)CCCCCCC\C=C/C=C\C=C/C=C\C=C/CCC. The third kappa shape index (κ3) is 44.6. The van der Waals surface area contributed by atoms with Gasteiger partial charge in [-0.2, -0.15) is 0 Å². The van der Waals surface area contributed by atoms with Gasteiger partial charge in [0.25, 0.3) is 0 Å². The second-order valence-corrected chi connectivity index (χ2v) is 14.8. The van der Waals surface area contributed by atoms with Crippen molar-refractivity contribution in [1.82, 2.24) is 0 Å². The van der Waals surface area contributed by atoms with Crippen molar-refractivity contribution in [2.24, 2.45) is 0 Å². The Morgan fingerprint density at radius 3 is 1.12 bits per heavy atom. The van der Waals surface area contributed by atoms with Crippen molar-refractivity contribution in [1.29, 1.82) is 0 Å². The van der Waals surface area contributed by atoms with E-state index in [2.05, 4.69) is 81.5 Å². The number of carbonyl (C=O) groups excluding carboxylic acids is 3. The highest BCUT2D eigenvalue weighted by Crippen LogP contribution is 2.11. The molecule has 0 aliphatic heterocycles. The quantitative estimate of drug-likeness (QED) is 0.0266. The van der Waals surface area contributed by atoms with Crippen molar-refractivity contribution >= 4 is 17.9 Å². The maximum Gasteiger partial charge on any atom is 0.306 e. The van der Waals surface area contributed by atoms with Crippen molar-refractivity contribution in [3.05, 3.63) is 134 Å². The molecule has 6 heteroatoms. The van der Waals surface area contributed by atoms with Gasteiger partial charge in [0.05, 0.1) is 0 Å². The molecule has 334 valence electrons. The predicted molar refractivity (Wildman–Crippen MR) is 256 cm³/mol. The Bertz CT molecular complexity index is 1370. The number of carbonyl (C=O) groups is 3. The minimum Gasteiger partial charge on any atom is -0.462 e. The second-order valence-electron chi connectivity index (χ2n) is 14.8. The number of esters is 3. The summed E-state index contributed by atoms with van der Waals surface area (Å²) < 4.78 is 16.6. The first-order valence-electron chi connectivity index (χ1n) is 23.3. The van der Waals surface area contributed by atoms with Gasteiger partial charge in [0.15, 0.2) is 6.10 Å². The Kier molecular flexibility index (Phi) is 43.7. The lowest BCUT2D eigenvalue weighted by Crippen LogP contribution is -2.30. The Morgan fingerprint density at radius 2 is 0.683 bits per heavy atom. The van der Waals surface area contributed by atoms with Crippen molar-refractivity contribution < 1.29 is 28.6 Å². The molecular formula is C54H82O6. The van der Waals surface area contributed by atoms with E-state index in [9.17, 15) is 14.4 Å². The molecule has 0 amide bonds. The molecule has 0 saturated carbocycles. The van der Waals surface area contributed by atoms with Gasteiger partial charge < -0.3 is 14.2 Å². The first-order chi connectivity index (χ1) is 29.5. The zero-order valence-corrected chi connectivity index (χ0v) is 37.9. The summed E-state index contributed by atoms with van der Waals surface area (Å²) in [4.78, 5) is 37.8. The van der Waals surface area contributed by atoms with Gasteiger partial charge >= 0.3 is 17.9 Å². The molecule has 0 spiro atoms. The van der Waals surface area contributed by atoms with Crippen molar-refractivity contribution in [3.8, 4) is 0 Å². The summed E-state index contributed by atoms with van der Waals surface area (Å²) in [6.07, 6.45) is 65.7. The van der Waals surface area contributed by atoms with Crippen LogP contribution in [0.15, 0.2) is 134 Å². The van der Waals surface area contributed by atoms with Gasteiger partial charge in [0.2, 0.25) is 0 Å². The van der Waals surface area contributed by atoms with E-state index in [1.54, 1.807) is 0 Å². The fraction of sp³-hybridized carbons (Fsp3) is 0.537. The van der Waals surface area contributed by atoms with E-state index >= 15 is 0 Å². The van der Waals surface area contributed by atoms with Crippen LogP contribution in [0.4, 0.5) is 0 Å². The number of rotatable bonds is 39. The molecule has 6 nitrogen and oxygen atoms in total. The summed E-state index contributed by atoms with van der Waals surface area (Å²) in [5, 5.41) is 0. The minimum atomic E-state index is -0.823. The predicted octanol–water partition coefficient (Wildman–Crippen LogP) is 15.1. The monoisotopic (exact) mass is 827 g/mol. The zero-order valence-electron chi connectivity index (χ0n) is 37.9. The molecule has 1 unspecified atom stereocenters. The Balaban J connectivity index is 4.55. The maximum atomic E-state index is 12.7. The summed E-state index contributed by atoms with van der Waals surface area (Å²) in [5.74, 6) is -1.03. The molecule has 0 radical (unpaired) electrons. The number of unbranched alkanes of at least 4 members (excludes halogenated alkanes) is 14. The highest BCUT2D eigenvalue weighted by atomic mass is 16.6. The summed E-state index contributed by atoms with van der Waals surface area (Å²) >= 11 is 0. The van der Waals surface area contributed by atoms with Crippen LogP contribution in [0.2, 0.25) is 0 Å². The topological polar surface area (TPSA) is 78.9 Å². The van der Waals surface area contributed by atoms with Crippen LogP contribution in [0.5, 0.6) is 0 Å². The fourth-order valence-electron chi connectivity index (χ4n) is 5.57. The molecule has 0 rings (SSSR count). The van der Waals surface area contributed by atoms with E-state index in [0.29, 0.717) is 19.3 Å². The molecule has 0 fully saturated rings. The standard InChI is InChI=1S/C54H82O6/c1-4-7-10-13-16-19-22-24-25-26-27-28-30-32-35-38-41-44-47-53(56)59-50-51(49-58-52(55)46-43-40-37-34-31-21-18-15-12-9-6-3)60-54(57)48-45-42-39-36-33-29-23-20-17-14-11-8-5-2/h8,10-11,13-29,31,33,51H,4-7,9,12,30,32,34-50H2,1-3H3/b11-8-,13-10-,17-14-,18-15-,19-16-,23-20-,24-22-,26-25-,28-27-,31-21-,33-29-. The third-order valence-electron chi connectivity index (χ3n) is 9.09. The number of allylic oxidation sites excluding steroid dienone is 22. The number of ether oxygens (including phenoxy) is 3. The molecule has 60 heavy (non-hydrogen) atoms. The second kappa shape index (κ2) is 47.2.